The van der Waals surface area contributed by atoms with E-state index in [9.17, 15) is 4.79 Å². The van der Waals surface area contributed by atoms with Crippen molar-refractivity contribution in [1.82, 2.24) is 14.8 Å². The summed E-state index contributed by atoms with van der Waals surface area (Å²) in [4.78, 5) is 23.8. The lowest BCUT2D eigenvalue weighted by Crippen LogP contribution is -2.47. The maximum Gasteiger partial charge on any atom is 0.291 e. The lowest BCUT2D eigenvalue weighted by Gasteiger charge is -2.39. The molecule has 0 bridgehead atoms. The number of piperazine rings is 1. The topological polar surface area (TPSA) is 61.6 Å². The molecule has 0 radical (unpaired) electrons. The molecule has 1 aromatic carbocycles. The SMILES string of the molecule is Cc1sc(NC(=O)c2ccco2)c(C(c2ccccn2)N2CCN(Cc3ccccc3)CC2)c1C. The molecule has 0 spiro atoms. The van der Waals surface area contributed by atoms with Crippen LogP contribution in [0.5, 0.6) is 0 Å². The first-order chi connectivity index (χ1) is 17.1. The van der Waals surface area contributed by atoms with Crippen molar-refractivity contribution in [2.45, 2.75) is 26.4 Å². The third-order valence-corrected chi connectivity index (χ3v) is 7.80. The van der Waals surface area contributed by atoms with Crippen LogP contribution in [-0.2, 0) is 6.54 Å². The van der Waals surface area contributed by atoms with Crippen LogP contribution in [0.2, 0.25) is 0 Å². The Kier molecular flexibility index (Phi) is 7.08. The smallest absolute Gasteiger partial charge is 0.291 e. The molecule has 4 aromatic rings. The number of carbonyl (C=O) groups excluding carboxylic acids is 1. The van der Waals surface area contributed by atoms with Gasteiger partial charge in [0.1, 0.15) is 5.00 Å². The Morgan fingerprint density at radius 3 is 2.49 bits per heavy atom. The number of thiophene rings is 1. The van der Waals surface area contributed by atoms with Gasteiger partial charge in [0, 0.05) is 49.4 Å². The summed E-state index contributed by atoms with van der Waals surface area (Å²) in [7, 11) is 0. The number of furan rings is 1. The number of carbonyl (C=O) groups is 1. The van der Waals surface area contributed by atoms with Gasteiger partial charge in [-0.05, 0) is 49.2 Å². The van der Waals surface area contributed by atoms with Crippen molar-refractivity contribution >= 4 is 22.2 Å². The number of aromatic nitrogens is 1. The first kappa shape index (κ1) is 23.5. The molecule has 35 heavy (non-hydrogen) atoms. The van der Waals surface area contributed by atoms with Crippen LogP contribution in [0.4, 0.5) is 5.00 Å². The molecule has 0 aliphatic carbocycles. The van der Waals surface area contributed by atoms with Crippen LogP contribution in [0, 0.1) is 13.8 Å². The second-order valence-electron chi connectivity index (χ2n) is 8.91. The first-order valence-electron chi connectivity index (χ1n) is 12.0. The highest BCUT2D eigenvalue weighted by Gasteiger charge is 2.32. The molecule has 180 valence electrons. The molecule has 7 heteroatoms. The highest BCUT2D eigenvalue weighted by Crippen LogP contribution is 2.42. The standard InChI is InChI=1S/C28H30N4O2S/c1-20-21(2)35-28(30-27(33)24-12-8-18-34-24)25(20)26(23-11-6-7-13-29-23)32-16-14-31(15-17-32)19-22-9-4-3-5-10-22/h3-13,18,26H,14-17,19H2,1-2H3,(H,30,33). The van der Waals surface area contributed by atoms with E-state index >= 15 is 0 Å². The monoisotopic (exact) mass is 486 g/mol. The molecule has 1 unspecified atom stereocenters. The summed E-state index contributed by atoms with van der Waals surface area (Å²) in [5.74, 6) is 0.0773. The van der Waals surface area contributed by atoms with E-state index < -0.39 is 0 Å². The van der Waals surface area contributed by atoms with Crippen molar-refractivity contribution in [2.24, 2.45) is 0 Å². The van der Waals surface area contributed by atoms with Crippen LogP contribution in [0.1, 0.15) is 43.9 Å². The highest BCUT2D eigenvalue weighted by atomic mass is 32.1. The molecular formula is C28H30N4O2S. The van der Waals surface area contributed by atoms with E-state index in [-0.39, 0.29) is 11.9 Å². The number of nitrogens with one attached hydrogen (secondary N) is 1. The van der Waals surface area contributed by atoms with Crippen molar-refractivity contribution in [1.29, 1.82) is 0 Å². The summed E-state index contributed by atoms with van der Waals surface area (Å²) in [6.45, 7) is 9.03. The number of anilines is 1. The van der Waals surface area contributed by atoms with Crippen LogP contribution in [0.3, 0.4) is 0 Å². The summed E-state index contributed by atoms with van der Waals surface area (Å²) < 4.78 is 5.33. The van der Waals surface area contributed by atoms with Crippen LogP contribution < -0.4 is 5.32 Å². The zero-order valence-corrected chi connectivity index (χ0v) is 20.9. The van der Waals surface area contributed by atoms with Crippen LogP contribution in [0.15, 0.2) is 77.5 Å². The number of rotatable bonds is 7. The van der Waals surface area contributed by atoms with E-state index in [1.54, 1.807) is 23.5 Å². The molecule has 1 fully saturated rings. The molecule has 1 aliphatic heterocycles. The second-order valence-corrected chi connectivity index (χ2v) is 10.1. The Balaban J connectivity index is 1.42. The molecule has 5 rings (SSSR count). The van der Waals surface area contributed by atoms with Gasteiger partial charge in [0.2, 0.25) is 0 Å². The van der Waals surface area contributed by atoms with Crippen molar-refractivity contribution in [3.63, 3.8) is 0 Å². The van der Waals surface area contributed by atoms with E-state index in [1.165, 1.54) is 22.3 Å². The van der Waals surface area contributed by atoms with Crippen LogP contribution >= 0.6 is 11.3 Å². The maximum atomic E-state index is 12.9. The third kappa shape index (κ3) is 5.22. The second kappa shape index (κ2) is 10.6. The predicted molar refractivity (Wildman–Crippen MR) is 140 cm³/mol. The summed E-state index contributed by atoms with van der Waals surface area (Å²) in [5, 5.41) is 3.99. The van der Waals surface area contributed by atoms with Crippen molar-refractivity contribution in [3.8, 4) is 0 Å². The van der Waals surface area contributed by atoms with Crippen molar-refractivity contribution in [2.75, 3.05) is 31.5 Å². The van der Waals surface area contributed by atoms with Gasteiger partial charge in [-0.15, -0.1) is 11.3 Å². The molecule has 0 saturated carbocycles. The lowest BCUT2D eigenvalue weighted by molar-refractivity contribution is 0.0993. The highest BCUT2D eigenvalue weighted by molar-refractivity contribution is 7.16. The number of benzene rings is 1. The Morgan fingerprint density at radius 2 is 1.80 bits per heavy atom. The van der Waals surface area contributed by atoms with E-state index in [4.69, 9.17) is 9.40 Å². The van der Waals surface area contributed by atoms with Crippen molar-refractivity contribution < 1.29 is 9.21 Å². The number of pyridine rings is 1. The third-order valence-electron chi connectivity index (χ3n) is 6.67. The Morgan fingerprint density at radius 1 is 1.03 bits per heavy atom. The van der Waals surface area contributed by atoms with Gasteiger partial charge >= 0.3 is 0 Å². The molecule has 4 heterocycles. The average molecular weight is 487 g/mol. The predicted octanol–water partition coefficient (Wildman–Crippen LogP) is 5.51. The number of hydrogen-bond donors (Lipinski definition) is 1. The molecule has 1 N–H and O–H groups in total. The van der Waals surface area contributed by atoms with E-state index in [2.05, 4.69) is 65.4 Å². The fourth-order valence-electron chi connectivity index (χ4n) is 4.72. The molecule has 6 nitrogen and oxygen atoms in total. The van der Waals surface area contributed by atoms with Crippen LogP contribution in [0.25, 0.3) is 0 Å². The summed E-state index contributed by atoms with van der Waals surface area (Å²) in [5.41, 5.74) is 4.67. The number of amides is 1. The Bertz CT molecular complexity index is 1250. The van der Waals surface area contributed by atoms with E-state index in [1.807, 2.05) is 18.3 Å². The van der Waals surface area contributed by atoms with Gasteiger partial charge in [0.05, 0.1) is 18.0 Å². The molecule has 1 atom stereocenters. The summed E-state index contributed by atoms with van der Waals surface area (Å²) >= 11 is 1.62. The number of nitrogens with zero attached hydrogens (tertiary/aromatic N) is 3. The zero-order valence-electron chi connectivity index (χ0n) is 20.1. The largest absolute Gasteiger partial charge is 0.459 e. The minimum Gasteiger partial charge on any atom is -0.459 e. The van der Waals surface area contributed by atoms with E-state index in [0.717, 1.165) is 49.0 Å². The fraction of sp³-hybridized carbons (Fsp3) is 0.286. The minimum absolute atomic E-state index is 0.0353. The lowest BCUT2D eigenvalue weighted by atomic mass is 9.97. The van der Waals surface area contributed by atoms with E-state index in [0.29, 0.717) is 5.76 Å². The van der Waals surface area contributed by atoms with Crippen LogP contribution in [-0.4, -0.2) is 46.9 Å². The fourth-order valence-corrected chi connectivity index (χ4v) is 5.80. The molecular weight excluding hydrogens is 456 g/mol. The Labute approximate surface area is 210 Å². The zero-order chi connectivity index (χ0) is 24.2. The molecule has 1 amide bonds. The van der Waals surface area contributed by atoms with Crippen molar-refractivity contribution in [3.05, 3.63) is 106 Å². The summed E-state index contributed by atoms with van der Waals surface area (Å²) in [6, 6.07) is 20.1. The average Bonchev–Trinajstić information content (AvgIpc) is 3.52. The molecule has 1 saturated heterocycles. The molecule has 3 aromatic heterocycles. The van der Waals surface area contributed by atoms with Gasteiger partial charge in [-0.3, -0.25) is 19.6 Å². The minimum atomic E-state index is -0.232. The number of aryl methyl sites for hydroxylation is 1. The van der Waals surface area contributed by atoms with Gasteiger partial charge in [0.15, 0.2) is 5.76 Å². The molecule has 1 aliphatic rings. The van der Waals surface area contributed by atoms with Gasteiger partial charge in [-0.25, -0.2) is 0 Å². The van der Waals surface area contributed by atoms with Gasteiger partial charge in [-0.1, -0.05) is 36.4 Å². The Hall–Kier alpha value is -3.26. The quantitative estimate of drug-likeness (QED) is 0.373. The number of hydrogen-bond acceptors (Lipinski definition) is 6. The maximum absolute atomic E-state index is 12.9. The van der Waals surface area contributed by atoms with Gasteiger partial charge < -0.3 is 9.73 Å². The first-order valence-corrected chi connectivity index (χ1v) is 12.8. The van der Waals surface area contributed by atoms with Gasteiger partial charge in [-0.2, -0.15) is 0 Å². The normalized spacial score (nSPS) is 15.7. The van der Waals surface area contributed by atoms with Gasteiger partial charge in [0.25, 0.3) is 5.91 Å². The summed E-state index contributed by atoms with van der Waals surface area (Å²) in [6.07, 6.45) is 3.37.